The molecule has 1 unspecified atom stereocenters. The molecule has 2 aromatic rings. The number of anilines is 1. The van der Waals surface area contributed by atoms with Gasteiger partial charge in [-0.15, -0.1) is 24.8 Å². The highest BCUT2D eigenvalue weighted by atomic mass is 35.5. The average Bonchev–Trinajstić information content (AvgIpc) is 3.10. The summed E-state index contributed by atoms with van der Waals surface area (Å²) in [6, 6.07) is 10.8. The molecule has 1 fully saturated rings. The Hall–Kier alpha value is -1.34. The molecule has 1 aliphatic rings. The summed E-state index contributed by atoms with van der Waals surface area (Å²) in [4.78, 5) is 6.56. The second-order valence-electron chi connectivity index (χ2n) is 5.04. The number of para-hydroxylation sites is 1. The van der Waals surface area contributed by atoms with Crippen LogP contribution in [0.15, 0.2) is 34.9 Å². The summed E-state index contributed by atoms with van der Waals surface area (Å²) in [5.41, 5.74) is 6.63. The number of rotatable bonds is 5. The lowest BCUT2D eigenvalue weighted by molar-refractivity contribution is 0.307. The van der Waals surface area contributed by atoms with Gasteiger partial charge in [0.1, 0.15) is 0 Å². The van der Waals surface area contributed by atoms with Gasteiger partial charge in [0.25, 0.3) is 0 Å². The minimum absolute atomic E-state index is 0. The first-order valence-electron chi connectivity index (χ1n) is 6.89. The molecule has 6 nitrogen and oxygen atoms in total. The van der Waals surface area contributed by atoms with Crippen molar-refractivity contribution in [3.63, 3.8) is 0 Å². The highest BCUT2D eigenvalue weighted by Crippen LogP contribution is 2.17. The molecule has 0 saturated carbocycles. The Balaban J connectivity index is 0.00000121. The molecule has 1 atom stereocenters. The van der Waals surface area contributed by atoms with Crippen molar-refractivity contribution in [3.05, 3.63) is 42.0 Å². The second-order valence-corrected chi connectivity index (χ2v) is 5.04. The van der Waals surface area contributed by atoms with Crippen molar-refractivity contribution in [2.45, 2.75) is 25.6 Å². The van der Waals surface area contributed by atoms with Gasteiger partial charge in [-0.05, 0) is 18.6 Å². The number of hydrogen-bond acceptors (Lipinski definition) is 6. The summed E-state index contributed by atoms with van der Waals surface area (Å²) in [7, 11) is 0. The van der Waals surface area contributed by atoms with Crippen LogP contribution in [0.1, 0.15) is 18.1 Å². The number of nitrogens with two attached hydrogens (primary N) is 1. The van der Waals surface area contributed by atoms with E-state index in [0.29, 0.717) is 24.3 Å². The predicted octanol–water partition coefficient (Wildman–Crippen LogP) is 2.06. The van der Waals surface area contributed by atoms with Gasteiger partial charge in [-0.1, -0.05) is 23.4 Å². The lowest BCUT2D eigenvalue weighted by Gasteiger charge is -2.15. The number of hydrogen-bond donors (Lipinski definition) is 2. The van der Waals surface area contributed by atoms with Crippen molar-refractivity contribution in [2.24, 2.45) is 5.73 Å². The van der Waals surface area contributed by atoms with Crippen LogP contribution in [0, 0.1) is 0 Å². The molecule has 1 aliphatic heterocycles. The first-order valence-corrected chi connectivity index (χ1v) is 6.89. The van der Waals surface area contributed by atoms with E-state index in [1.807, 2.05) is 18.2 Å². The third-order valence-electron chi connectivity index (χ3n) is 3.47. The van der Waals surface area contributed by atoms with E-state index in [-0.39, 0.29) is 24.8 Å². The largest absolute Gasteiger partial charge is 0.381 e. The zero-order chi connectivity index (χ0) is 13.8. The van der Waals surface area contributed by atoms with E-state index in [0.717, 1.165) is 26.1 Å². The van der Waals surface area contributed by atoms with Gasteiger partial charge in [-0.25, -0.2) is 0 Å². The first-order chi connectivity index (χ1) is 9.83. The maximum Gasteiger partial charge on any atom is 0.240 e. The van der Waals surface area contributed by atoms with E-state index in [1.165, 1.54) is 5.69 Å². The molecule has 22 heavy (non-hydrogen) atoms. The predicted molar refractivity (Wildman–Crippen MR) is 90.4 cm³/mol. The van der Waals surface area contributed by atoms with Crippen LogP contribution in [0.25, 0.3) is 0 Å². The summed E-state index contributed by atoms with van der Waals surface area (Å²) < 4.78 is 5.02. The summed E-state index contributed by atoms with van der Waals surface area (Å²) in [6.45, 7) is 3.04. The Morgan fingerprint density at radius 3 is 2.73 bits per heavy atom. The zero-order valence-corrected chi connectivity index (χ0v) is 13.8. The number of benzene rings is 1. The second kappa shape index (κ2) is 8.95. The van der Waals surface area contributed by atoms with Crippen molar-refractivity contribution in [3.8, 4) is 0 Å². The van der Waals surface area contributed by atoms with Crippen LogP contribution < -0.4 is 11.1 Å². The van der Waals surface area contributed by atoms with Gasteiger partial charge in [0.05, 0.1) is 13.1 Å². The van der Waals surface area contributed by atoms with Crippen LogP contribution in [0.3, 0.4) is 0 Å². The van der Waals surface area contributed by atoms with Gasteiger partial charge in [-0.3, -0.25) is 4.90 Å². The third kappa shape index (κ3) is 4.84. The summed E-state index contributed by atoms with van der Waals surface area (Å²) in [5.74, 6) is 1.21. The summed E-state index contributed by atoms with van der Waals surface area (Å²) in [6.07, 6.45) is 1.12. The number of aromatic nitrogens is 2. The topological polar surface area (TPSA) is 80.2 Å². The molecule has 122 valence electrons. The van der Waals surface area contributed by atoms with E-state index in [4.69, 9.17) is 10.3 Å². The van der Waals surface area contributed by atoms with E-state index in [1.54, 1.807) is 0 Å². The molecule has 0 amide bonds. The maximum absolute atomic E-state index is 5.46. The molecule has 3 N–H and O–H groups in total. The Kier molecular flexibility index (Phi) is 7.61. The minimum Gasteiger partial charge on any atom is -0.381 e. The molecule has 0 radical (unpaired) electrons. The van der Waals surface area contributed by atoms with Crippen molar-refractivity contribution < 1.29 is 4.52 Å². The lowest BCUT2D eigenvalue weighted by atomic mass is 10.2. The number of likely N-dealkylation sites (tertiary alicyclic amines) is 1. The molecular formula is C14H21Cl2N5O. The van der Waals surface area contributed by atoms with Gasteiger partial charge in [0, 0.05) is 24.8 Å². The zero-order valence-electron chi connectivity index (χ0n) is 12.1. The Morgan fingerprint density at radius 2 is 2.05 bits per heavy atom. The Bertz CT molecular complexity index is 551. The van der Waals surface area contributed by atoms with E-state index in [9.17, 15) is 0 Å². The van der Waals surface area contributed by atoms with E-state index in [2.05, 4.69) is 32.5 Å². The van der Waals surface area contributed by atoms with Crippen molar-refractivity contribution in [2.75, 3.05) is 18.4 Å². The quantitative estimate of drug-likeness (QED) is 0.863. The molecule has 0 aliphatic carbocycles. The fraction of sp³-hybridized carbons (Fsp3) is 0.429. The Labute approximate surface area is 142 Å². The first kappa shape index (κ1) is 18.7. The fourth-order valence-corrected chi connectivity index (χ4v) is 2.50. The fourth-order valence-electron chi connectivity index (χ4n) is 2.50. The van der Waals surface area contributed by atoms with Crippen LogP contribution in [-0.2, 0) is 13.1 Å². The van der Waals surface area contributed by atoms with Gasteiger partial charge >= 0.3 is 0 Å². The maximum atomic E-state index is 5.46. The standard InChI is InChI=1S/C14H19N5O.2ClH/c15-8-14-17-13(18-20-14)10-19-7-6-12(9-19)16-11-4-2-1-3-5-11;;/h1-5,12,16H,6-10,15H2;2*1H. The summed E-state index contributed by atoms with van der Waals surface area (Å²) in [5, 5.41) is 7.48. The lowest BCUT2D eigenvalue weighted by Crippen LogP contribution is -2.26. The van der Waals surface area contributed by atoms with Gasteiger partial charge in [0.2, 0.25) is 5.89 Å². The molecule has 8 heteroatoms. The third-order valence-corrected chi connectivity index (χ3v) is 3.47. The minimum atomic E-state index is 0. The highest BCUT2D eigenvalue weighted by Gasteiger charge is 2.23. The smallest absolute Gasteiger partial charge is 0.240 e. The van der Waals surface area contributed by atoms with E-state index >= 15 is 0 Å². The molecule has 3 rings (SSSR count). The van der Waals surface area contributed by atoms with Crippen LogP contribution >= 0.6 is 24.8 Å². The van der Waals surface area contributed by atoms with Gasteiger partial charge in [-0.2, -0.15) is 4.98 Å². The normalized spacial score (nSPS) is 17.6. The van der Waals surface area contributed by atoms with Crippen LogP contribution in [0.5, 0.6) is 0 Å². The molecule has 0 bridgehead atoms. The summed E-state index contributed by atoms with van der Waals surface area (Å²) >= 11 is 0. The van der Waals surface area contributed by atoms with Gasteiger partial charge < -0.3 is 15.6 Å². The number of nitrogens with one attached hydrogen (secondary N) is 1. The van der Waals surface area contributed by atoms with Crippen molar-refractivity contribution in [1.29, 1.82) is 0 Å². The van der Waals surface area contributed by atoms with E-state index < -0.39 is 0 Å². The monoisotopic (exact) mass is 345 g/mol. The molecule has 1 aromatic heterocycles. The molecule has 1 saturated heterocycles. The highest BCUT2D eigenvalue weighted by molar-refractivity contribution is 5.85. The SMILES string of the molecule is Cl.Cl.NCc1nc(CN2CCC(Nc3ccccc3)C2)no1. The molecular weight excluding hydrogens is 325 g/mol. The molecule has 0 spiro atoms. The Morgan fingerprint density at radius 1 is 1.27 bits per heavy atom. The van der Waals surface area contributed by atoms with Crippen molar-refractivity contribution >= 4 is 30.5 Å². The molecule has 2 heterocycles. The number of halogens is 2. The van der Waals surface area contributed by atoms with Crippen LogP contribution in [0.2, 0.25) is 0 Å². The van der Waals surface area contributed by atoms with Crippen LogP contribution in [-0.4, -0.2) is 34.2 Å². The van der Waals surface area contributed by atoms with Crippen molar-refractivity contribution in [1.82, 2.24) is 15.0 Å². The van der Waals surface area contributed by atoms with Crippen LogP contribution in [0.4, 0.5) is 5.69 Å². The number of nitrogens with zero attached hydrogens (tertiary/aromatic N) is 3. The van der Waals surface area contributed by atoms with Gasteiger partial charge in [0.15, 0.2) is 5.82 Å². The molecule has 1 aromatic carbocycles. The average molecular weight is 346 g/mol.